The van der Waals surface area contributed by atoms with Crippen molar-refractivity contribution in [2.24, 2.45) is 29.6 Å². The van der Waals surface area contributed by atoms with Crippen LogP contribution in [-0.2, 0) is 0 Å². The normalized spacial score (nSPS) is 57.2. The van der Waals surface area contributed by atoms with Gasteiger partial charge in [0.1, 0.15) is 0 Å². The van der Waals surface area contributed by atoms with Crippen LogP contribution in [0.4, 0.5) is 0 Å². The zero-order valence-corrected chi connectivity index (χ0v) is 11.2. The minimum absolute atomic E-state index is 0.765. The molecule has 4 fully saturated rings. The Labute approximate surface area is 105 Å². The SMILES string of the molecule is CNC1CCN(C2C3C4CCC(C4)C32)CC1C. The van der Waals surface area contributed by atoms with Crippen molar-refractivity contribution in [3.63, 3.8) is 0 Å². The molecule has 2 bridgehead atoms. The summed E-state index contributed by atoms with van der Waals surface area (Å²) in [6.45, 7) is 5.13. The van der Waals surface area contributed by atoms with E-state index in [0.717, 1.165) is 41.7 Å². The summed E-state index contributed by atoms with van der Waals surface area (Å²) in [5.41, 5.74) is 0. The third-order valence-electron chi connectivity index (χ3n) is 6.42. The van der Waals surface area contributed by atoms with Gasteiger partial charge in [-0.2, -0.15) is 0 Å². The molecule has 6 unspecified atom stereocenters. The fourth-order valence-corrected chi connectivity index (χ4v) is 5.64. The van der Waals surface area contributed by atoms with Crippen LogP contribution >= 0.6 is 0 Å². The van der Waals surface area contributed by atoms with Crippen molar-refractivity contribution in [3.05, 3.63) is 0 Å². The van der Waals surface area contributed by atoms with Crippen LogP contribution in [0.25, 0.3) is 0 Å². The number of hydrogen-bond donors (Lipinski definition) is 1. The predicted molar refractivity (Wildman–Crippen MR) is 69.8 cm³/mol. The molecule has 2 nitrogen and oxygen atoms in total. The van der Waals surface area contributed by atoms with Crippen LogP contribution in [0.5, 0.6) is 0 Å². The minimum atomic E-state index is 0.765. The number of rotatable bonds is 2. The topological polar surface area (TPSA) is 15.3 Å². The van der Waals surface area contributed by atoms with Gasteiger partial charge in [-0.25, -0.2) is 0 Å². The van der Waals surface area contributed by atoms with Crippen molar-refractivity contribution in [3.8, 4) is 0 Å². The third-order valence-corrected chi connectivity index (χ3v) is 6.42. The first kappa shape index (κ1) is 10.8. The molecular formula is C15H26N2. The zero-order chi connectivity index (χ0) is 11.6. The second kappa shape index (κ2) is 3.71. The van der Waals surface area contributed by atoms with E-state index in [1.54, 1.807) is 19.3 Å². The van der Waals surface area contributed by atoms with E-state index in [-0.39, 0.29) is 0 Å². The molecule has 0 amide bonds. The molecule has 6 atom stereocenters. The molecule has 0 spiro atoms. The van der Waals surface area contributed by atoms with Crippen LogP contribution in [0.1, 0.15) is 32.6 Å². The van der Waals surface area contributed by atoms with Gasteiger partial charge < -0.3 is 5.32 Å². The predicted octanol–water partition coefficient (Wildman–Crippen LogP) is 1.96. The summed E-state index contributed by atoms with van der Waals surface area (Å²) in [7, 11) is 2.13. The molecular weight excluding hydrogens is 208 g/mol. The van der Waals surface area contributed by atoms with Crippen molar-refractivity contribution >= 4 is 0 Å². The molecule has 3 saturated carbocycles. The van der Waals surface area contributed by atoms with E-state index in [9.17, 15) is 0 Å². The summed E-state index contributed by atoms with van der Waals surface area (Å²) >= 11 is 0. The Bertz CT molecular complexity index is 300. The monoisotopic (exact) mass is 234 g/mol. The molecule has 1 N–H and O–H groups in total. The Hall–Kier alpha value is -0.0800. The molecule has 3 aliphatic carbocycles. The van der Waals surface area contributed by atoms with Crippen LogP contribution in [0.2, 0.25) is 0 Å². The largest absolute Gasteiger partial charge is 0.317 e. The summed E-state index contributed by atoms with van der Waals surface area (Å²) < 4.78 is 0. The fourth-order valence-electron chi connectivity index (χ4n) is 5.64. The van der Waals surface area contributed by atoms with Crippen LogP contribution in [0.15, 0.2) is 0 Å². The molecule has 0 aromatic heterocycles. The summed E-state index contributed by atoms with van der Waals surface area (Å²) in [6, 6.07) is 1.78. The molecule has 17 heavy (non-hydrogen) atoms. The first-order valence-corrected chi connectivity index (χ1v) is 7.71. The first-order chi connectivity index (χ1) is 8.29. The van der Waals surface area contributed by atoms with Crippen molar-refractivity contribution < 1.29 is 0 Å². The Kier molecular flexibility index (Phi) is 2.36. The molecule has 2 heteroatoms. The van der Waals surface area contributed by atoms with E-state index in [1.807, 2.05) is 0 Å². The Morgan fingerprint density at radius 1 is 1.06 bits per heavy atom. The van der Waals surface area contributed by atoms with Gasteiger partial charge in [0, 0.05) is 18.6 Å². The molecule has 1 saturated heterocycles. The highest BCUT2D eigenvalue weighted by molar-refractivity contribution is 5.17. The lowest BCUT2D eigenvalue weighted by molar-refractivity contribution is 0.124. The average molecular weight is 234 g/mol. The zero-order valence-electron chi connectivity index (χ0n) is 11.2. The average Bonchev–Trinajstić information content (AvgIpc) is 2.77. The Balaban J connectivity index is 1.42. The second-order valence-electron chi connectivity index (χ2n) is 7.13. The van der Waals surface area contributed by atoms with Gasteiger partial charge in [-0.15, -0.1) is 0 Å². The highest BCUT2D eigenvalue weighted by Gasteiger charge is 2.66. The maximum Gasteiger partial charge on any atom is 0.0164 e. The molecule has 1 heterocycles. The van der Waals surface area contributed by atoms with Gasteiger partial charge in [0.05, 0.1) is 0 Å². The first-order valence-electron chi connectivity index (χ1n) is 7.71. The quantitative estimate of drug-likeness (QED) is 0.786. The molecule has 4 aliphatic rings. The molecule has 0 aromatic carbocycles. The maximum atomic E-state index is 3.49. The van der Waals surface area contributed by atoms with Crippen LogP contribution < -0.4 is 5.32 Å². The molecule has 0 radical (unpaired) electrons. The van der Waals surface area contributed by atoms with Gasteiger partial charge in [-0.3, -0.25) is 4.90 Å². The van der Waals surface area contributed by atoms with Gasteiger partial charge in [-0.1, -0.05) is 6.92 Å². The summed E-state index contributed by atoms with van der Waals surface area (Å²) in [5, 5.41) is 3.49. The third kappa shape index (κ3) is 1.46. The van der Waals surface area contributed by atoms with Gasteiger partial charge in [-0.05, 0) is 68.9 Å². The second-order valence-corrected chi connectivity index (χ2v) is 7.13. The molecule has 4 rings (SSSR count). The van der Waals surface area contributed by atoms with Crippen LogP contribution in [0, 0.1) is 29.6 Å². The number of nitrogens with one attached hydrogen (secondary N) is 1. The smallest absolute Gasteiger partial charge is 0.0164 e. The van der Waals surface area contributed by atoms with E-state index >= 15 is 0 Å². The van der Waals surface area contributed by atoms with Crippen molar-refractivity contribution in [1.29, 1.82) is 0 Å². The molecule has 0 aromatic rings. The van der Waals surface area contributed by atoms with Crippen molar-refractivity contribution in [2.45, 2.75) is 44.7 Å². The maximum absolute atomic E-state index is 3.49. The van der Waals surface area contributed by atoms with E-state index in [4.69, 9.17) is 0 Å². The van der Waals surface area contributed by atoms with E-state index in [0.29, 0.717) is 0 Å². The van der Waals surface area contributed by atoms with Gasteiger partial charge in [0.25, 0.3) is 0 Å². The summed E-state index contributed by atoms with van der Waals surface area (Å²) in [6.07, 6.45) is 6.08. The van der Waals surface area contributed by atoms with Gasteiger partial charge in [0.15, 0.2) is 0 Å². The van der Waals surface area contributed by atoms with Crippen LogP contribution in [0.3, 0.4) is 0 Å². The molecule has 1 aliphatic heterocycles. The van der Waals surface area contributed by atoms with Gasteiger partial charge in [0.2, 0.25) is 0 Å². The van der Waals surface area contributed by atoms with Crippen LogP contribution in [-0.4, -0.2) is 37.1 Å². The summed E-state index contributed by atoms with van der Waals surface area (Å²) in [5.74, 6) is 5.37. The Morgan fingerprint density at radius 2 is 1.76 bits per heavy atom. The number of nitrogens with zero attached hydrogens (tertiary/aromatic N) is 1. The van der Waals surface area contributed by atoms with Gasteiger partial charge >= 0.3 is 0 Å². The van der Waals surface area contributed by atoms with E-state index in [2.05, 4.69) is 24.2 Å². The van der Waals surface area contributed by atoms with E-state index in [1.165, 1.54) is 19.5 Å². The van der Waals surface area contributed by atoms with Crippen molar-refractivity contribution in [1.82, 2.24) is 10.2 Å². The van der Waals surface area contributed by atoms with Crippen molar-refractivity contribution in [2.75, 3.05) is 20.1 Å². The lowest BCUT2D eigenvalue weighted by Crippen LogP contribution is -2.48. The molecule has 96 valence electrons. The highest BCUT2D eigenvalue weighted by Crippen LogP contribution is 2.67. The fraction of sp³-hybridized carbons (Fsp3) is 1.00. The summed E-state index contributed by atoms with van der Waals surface area (Å²) in [4.78, 5) is 2.86. The number of fused-ring (bicyclic) bond motifs is 5. The standard InChI is InChI=1S/C15H26N2/c1-9-8-17(6-5-12(9)16-2)15-13-10-3-4-11(7-10)14(13)15/h9-16H,3-8H2,1-2H3. The number of hydrogen-bond acceptors (Lipinski definition) is 2. The number of piperidine rings is 1. The lowest BCUT2D eigenvalue weighted by Gasteiger charge is -2.38. The highest BCUT2D eigenvalue weighted by atomic mass is 15.2. The van der Waals surface area contributed by atoms with E-state index < -0.39 is 0 Å². The lowest BCUT2D eigenvalue weighted by atomic mass is 9.93. The Morgan fingerprint density at radius 3 is 2.35 bits per heavy atom. The minimum Gasteiger partial charge on any atom is -0.317 e. The number of likely N-dealkylation sites (tertiary alicyclic amines) is 1.